The zero-order valence-electron chi connectivity index (χ0n) is 12.2. The van der Waals surface area contributed by atoms with Crippen LogP contribution >= 0.6 is 0 Å². The molecule has 99 valence electrons. The predicted octanol–water partition coefficient (Wildman–Crippen LogP) is 2.13. The third kappa shape index (κ3) is 2.25. The first kappa shape index (κ1) is 15.4. The molecule has 1 rings (SSSR count). The third-order valence-corrected chi connectivity index (χ3v) is 4.92. The molecule has 0 atom stereocenters. The molecule has 0 amide bonds. The molecule has 0 bridgehead atoms. The van der Waals surface area contributed by atoms with Crippen molar-refractivity contribution in [2.24, 2.45) is 15.2 Å². The van der Waals surface area contributed by atoms with Gasteiger partial charge in [0.1, 0.15) is 0 Å². The van der Waals surface area contributed by atoms with E-state index in [1.165, 1.54) is 0 Å². The van der Waals surface area contributed by atoms with Gasteiger partial charge in [-0.1, -0.05) is 0 Å². The minimum absolute atomic E-state index is 0.333. The SMILES string of the molecule is [B]=C1C(C)=C(C)C(=NS(C)(=O)=O)C(C)(C)C1(C)C. The van der Waals surface area contributed by atoms with E-state index in [0.717, 1.165) is 22.9 Å². The number of sulfonamides is 1. The molecule has 0 aromatic carbocycles. The van der Waals surface area contributed by atoms with Gasteiger partial charge in [-0.25, -0.2) is 0 Å². The van der Waals surface area contributed by atoms with E-state index in [9.17, 15) is 8.42 Å². The Morgan fingerprint density at radius 1 is 1.00 bits per heavy atom. The Bertz CT molecular complexity index is 566. The van der Waals surface area contributed by atoms with Crippen molar-refractivity contribution in [2.45, 2.75) is 41.5 Å². The number of hydrogen-bond donors (Lipinski definition) is 0. The zero-order valence-corrected chi connectivity index (χ0v) is 13.1. The normalized spacial score (nSPS) is 25.7. The van der Waals surface area contributed by atoms with Crippen LogP contribution in [-0.2, 0) is 10.0 Å². The molecule has 0 unspecified atom stereocenters. The summed E-state index contributed by atoms with van der Waals surface area (Å²) in [6.07, 6.45) is 1.12. The molecule has 0 saturated heterocycles. The molecule has 0 saturated carbocycles. The Morgan fingerprint density at radius 3 is 1.83 bits per heavy atom. The quantitative estimate of drug-likeness (QED) is 0.682. The van der Waals surface area contributed by atoms with Gasteiger partial charge in [-0.05, 0) is 0 Å². The maximum absolute atomic E-state index is 11.5. The van der Waals surface area contributed by atoms with Crippen molar-refractivity contribution < 1.29 is 8.42 Å². The summed E-state index contributed by atoms with van der Waals surface area (Å²) in [7, 11) is 2.79. The topological polar surface area (TPSA) is 46.5 Å². The van der Waals surface area contributed by atoms with Crippen LogP contribution in [0.3, 0.4) is 0 Å². The average Bonchev–Trinajstić information content (AvgIpc) is 2.19. The summed E-state index contributed by atoms with van der Waals surface area (Å²) in [6, 6.07) is 0. The van der Waals surface area contributed by atoms with Gasteiger partial charge in [-0.15, -0.1) is 0 Å². The van der Waals surface area contributed by atoms with Crippen LogP contribution in [0.2, 0.25) is 0 Å². The van der Waals surface area contributed by atoms with Gasteiger partial charge in [0, 0.05) is 0 Å². The fourth-order valence-electron chi connectivity index (χ4n) is 2.30. The number of nitrogens with zero attached hydrogens (tertiary/aromatic N) is 1. The Balaban J connectivity index is 3.71. The first-order chi connectivity index (χ1) is 7.82. The molecule has 0 heterocycles. The molecule has 0 fully saturated rings. The summed E-state index contributed by atoms with van der Waals surface area (Å²) in [5.41, 5.74) is 2.45. The molecule has 0 N–H and O–H groups in total. The van der Waals surface area contributed by atoms with Crippen molar-refractivity contribution in [3.63, 3.8) is 0 Å². The molecule has 5 heteroatoms. The van der Waals surface area contributed by atoms with Crippen LogP contribution in [0.4, 0.5) is 0 Å². The Labute approximate surface area is 112 Å². The van der Waals surface area contributed by atoms with Crippen LogP contribution < -0.4 is 0 Å². The van der Waals surface area contributed by atoms with E-state index in [0.29, 0.717) is 5.71 Å². The van der Waals surface area contributed by atoms with Gasteiger partial charge >= 0.3 is 111 Å². The van der Waals surface area contributed by atoms with Crippen molar-refractivity contribution in [1.29, 1.82) is 0 Å². The summed E-state index contributed by atoms with van der Waals surface area (Å²) in [5.74, 6) is 0. The molecule has 0 spiro atoms. The molecule has 1 aliphatic rings. The van der Waals surface area contributed by atoms with E-state index in [1.807, 2.05) is 41.5 Å². The van der Waals surface area contributed by atoms with Crippen molar-refractivity contribution in [3.8, 4) is 0 Å². The molecule has 3 nitrogen and oxygen atoms in total. The van der Waals surface area contributed by atoms with Crippen LogP contribution in [-0.4, -0.2) is 33.3 Å². The molecular weight excluding hydrogens is 245 g/mol. The van der Waals surface area contributed by atoms with Crippen LogP contribution in [0.15, 0.2) is 15.5 Å². The number of hydrogen-bond acceptors (Lipinski definition) is 2. The fraction of sp³-hybridized carbons (Fsp3) is 0.692. The standard InChI is InChI=1S/C13H21BNO2S/c1-8-9(2)11(15-18(7,16)17)13(5,6)12(3,4)10(8)14/h1-7H3. The molecule has 1 radical (unpaired) electrons. The Kier molecular flexibility index (Phi) is 3.54. The average molecular weight is 266 g/mol. The van der Waals surface area contributed by atoms with E-state index in [2.05, 4.69) is 4.40 Å². The van der Waals surface area contributed by atoms with E-state index in [-0.39, 0.29) is 5.41 Å². The van der Waals surface area contributed by atoms with Crippen molar-refractivity contribution in [2.75, 3.05) is 6.26 Å². The monoisotopic (exact) mass is 266 g/mol. The van der Waals surface area contributed by atoms with Gasteiger partial charge in [0.2, 0.25) is 0 Å². The summed E-state index contributed by atoms with van der Waals surface area (Å²) in [6.45, 7) is 11.8. The molecular formula is C13H21BNO2S. The molecule has 0 aromatic heterocycles. The Hall–Kier alpha value is -0.705. The first-order valence-electron chi connectivity index (χ1n) is 5.94. The van der Waals surface area contributed by atoms with Gasteiger partial charge in [0.25, 0.3) is 0 Å². The summed E-state index contributed by atoms with van der Waals surface area (Å²) >= 11 is 0. The van der Waals surface area contributed by atoms with Crippen LogP contribution in [0.25, 0.3) is 0 Å². The second kappa shape index (κ2) is 4.15. The van der Waals surface area contributed by atoms with Crippen LogP contribution in [0.1, 0.15) is 41.5 Å². The van der Waals surface area contributed by atoms with Gasteiger partial charge in [0.15, 0.2) is 0 Å². The van der Waals surface area contributed by atoms with E-state index < -0.39 is 15.4 Å². The molecule has 0 aliphatic heterocycles. The number of allylic oxidation sites excluding steroid dienone is 2. The minimum atomic E-state index is -3.42. The predicted molar refractivity (Wildman–Crippen MR) is 79.0 cm³/mol. The zero-order chi connectivity index (χ0) is 14.5. The second-order valence-corrected chi connectivity index (χ2v) is 7.74. The van der Waals surface area contributed by atoms with Crippen molar-refractivity contribution in [1.82, 2.24) is 0 Å². The van der Waals surface area contributed by atoms with Gasteiger partial charge in [0.05, 0.1) is 0 Å². The number of rotatable bonds is 1. The first-order valence-corrected chi connectivity index (χ1v) is 7.78. The Morgan fingerprint density at radius 2 is 1.44 bits per heavy atom. The van der Waals surface area contributed by atoms with Gasteiger partial charge < -0.3 is 0 Å². The van der Waals surface area contributed by atoms with E-state index >= 15 is 0 Å². The van der Waals surface area contributed by atoms with Crippen molar-refractivity contribution >= 4 is 28.7 Å². The third-order valence-electron chi connectivity index (χ3n) is 4.41. The molecule has 18 heavy (non-hydrogen) atoms. The summed E-state index contributed by atoms with van der Waals surface area (Å²) < 4.78 is 26.9. The molecule has 1 aliphatic carbocycles. The summed E-state index contributed by atoms with van der Waals surface area (Å²) in [5, 5.41) is 0. The van der Waals surface area contributed by atoms with E-state index in [4.69, 9.17) is 7.49 Å². The maximum atomic E-state index is 11.5. The van der Waals surface area contributed by atoms with Crippen LogP contribution in [0.5, 0.6) is 0 Å². The fourth-order valence-corrected chi connectivity index (χ4v) is 2.99. The van der Waals surface area contributed by atoms with Crippen molar-refractivity contribution in [3.05, 3.63) is 11.1 Å². The second-order valence-electron chi connectivity index (χ2n) is 6.09. The molecule has 0 aromatic rings. The van der Waals surface area contributed by atoms with E-state index in [1.54, 1.807) is 0 Å². The van der Waals surface area contributed by atoms with Gasteiger partial charge in [-0.3, -0.25) is 0 Å². The summed E-state index contributed by atoms with van der Waals surface area (Å²) in [4.78, 5) is 0. The van der Waals surface area contributed by atoms with Gasteiger partial charge in [-0.2, -0.15) is 0 Å². The van der Waals surface area contributed by atoms with Crippen LogP contribution in [0, 0.1) is 10.8 Å².